The van der Waals surface area contributed by atoms with Crippen LogP contribution in [0.15, 0.2) is 27.7 Å². The molecule has 0 aliphatic carbocycles. The third kappa shape index (κ3) is 8.31. The van der Waals surface area contributed by atoms with Crippen LogP contribution in [0, 0.1) is 13.8 Å². The smallest absolute Gasteiger partial charge is 0.422 e. The SMILES string of the molecule is CCNC(=NCc1ccc(OCC(F)(F)F)nc1)NCc1nc(C)c(C)o1.I. The summed E-state index contributed by atoms with van der Waals surface area (Å²) < 4.78 is 46.5. The molecule has 0 unspecified atom stereocenters. The Hall–Kier alpha value is -2.05. The maximum atomic E-state index is 12.1. The summed E-state index contributed by atoms with van der Waals surface area (Å²) in [5, 5.41) is 6.20. The van der Waals surface area contributed by atoms with E-state index in [0.29, 0.717) is 31.5 Å². The van der Waals surface area contributed by atoms with Crippen LogP contribution in [-0.2, 0) is 13.1 Å². The molecule has 0 aromatic carbocycles. The van der Waals surface area contributed by atoms with E-state index in [9.17, 15) is 13.2 Å². The number of aromatic nitrogens is 2. The van der Waals surface area contributed by atoms with Crippen molar-refractivity contribution in [3.8, 4) is 5.88 Å². The molecule has 0 amide bonds. The number of halogens is 4. The number of oxazole rings is 1. The second-order valence-corrected chi connectivity index (χ2v) is 5.71. The summed E-state index contributed by atoms with van der Waals surface area (Å²) >= 11 is 0. The predicted octanol–water partition coefficient (Wildman–Crippen LogP) is 3.50. The van der Waals surface area contributed by atoms with Crippen LogP contribution in [-0.4, -0.2) is 35.3 Å². The van der Waals surface area contributed by atoms with Crippen LogP contribution in [0.4, 0.5) is 13.2 Å². The zero-order valence-electron chi connectivity index (χ0n) is 15.8. The number of aryl methyl sites for hydroxylation is 2. The number of alkyl halides is 3. The molecular formula is C17H23F3IN5O2. The van der Waals surface area contributed by atoms with E-state index in [4.69, 9.17) is 4.42 Å². The van der Waals surface area contributed by atoms with Gasteiger partial charge in [-0.25, -0.2) is 15.0 Å². The second-order valence-electron chi connectivity index (χ2n) is 5.71. The highest BCUT2D eigenvalue weighted by atomic mass is 127. The second kappa shape index (κ2) is 11.1. The van der Waals surface area contributed by atoms with E-state index < -0.39 is 12.8 Å². The van der Waals surface area contributed by atoms with E-state index >= 15 is 0 Å². The quantitative estimate of drug-likeness (QED) is 0.335. The van der Waals surface area contributed by atoms with E-state index in [-0.39, 0.29) is 29.9 Å². The molecule has 0 saturated heterocycles. The summed E-state index contributed by atoms with van der Waals surface area (Å²) in [4.78, 5) is 12.6. The number of aliphatic imine (C=N–C) groups is 1. The van der Waals surface area contributed by atoms with Crippen molar-refractivity contribution >= 4 is 29.9 Å². The van der Waals surface area contributed by atoms with E-state index in [2.05, 4.69) is 30.3 Å². The van der Waals surface area contributed by atoms with Crippen molar-refractivity contribution in [2.75, 3.05) is 13.2 Å². The highest BCUT2D eigenvalue weighted by Gasteiger charge is 2.28. The van der Waals surface area contributed by atoms with Gasteiger partial charge in [0.2, 0.25) is 11.8 Å². The van der Waals surface area contributed by atoms with Gasteiger partial charge in [0.25, 0.3) is 0 Å². The van der Waals surface area contributed by atoms with Crippen LogP contribution in [0.3, 0.4) is 0 Å². The first-order valence-electron chi connectivity index (χ1n) is 8.36. The Balaban J connectivity index is 0.00000392. The van der Waals surface area contributed by atoms with E-state index in [1.807, 2.05) is 20.8 Å². The van der Waals surface area contributed by atoms with Crippen molar-refractivity contribution in [3.63, 3.8) is 0 Å². The van der Waals surface area contributed by atoms with Crippen LogP contribution < -0.4 is 15.4 Å². The van der Waals surface area contributed by atoms with E-state index in [1.54, 1.807) is 6.07 Å². The first kappa shape index (κ1) is 24.0. The van der Waals surface area contributed by atoms with Gasteiger partial charge in [-0.05, 0) is 26.3 Å². The molecule has 2 N–H and O–H groups in total. The molecule has 156 valence electrons. The van der Waals surface area contributed by atoms with Gasteiger partial charge in [0.15, 0.2) is 12.6 Å². The normalized spacial score (nSPS) is 11.7. The third-order valence-corrected chi connectivity index (χ3v) is 3.43. The molecule has 0 bridgehead atoms. The highest BCUT2D eigenvalue weighted by molar-refractivity contribution is 14.0. The molecule has 0 radical (unpaired) electrons. The van der Waals surface area contributed by atoms with Gasteiger partial charge in [-0.1, -0.05) is 6.07 Å². The van der Waals surface area contributed by atoms with Gasteiger partial charge in [-0.2, -0.15) is 13.2 Å². The van der Waals surface area contributed by atoms with Crippen molar-refractivity contribution in [3.05, 3.63) is 41.2 Å². The van der Waals surface area contributed by atoms with Crippen LogP contribution in [0.2, 0.25) is 0 Å². The first-order chi connectivity index (χ1) is 12.8. The fraction of sp³-hybridized carbons (Fsp3) is 0.471. The Morgan fingerprint density at radius 2 is 2.00 bits per heavy atom. The monoisotopic (exact) mass is 513 g/mol. The summed E-state index contributed by atoms with van der Waals surface area (Å²) in [6.07, 6.45) is -2.96. The summed E-state index contributed by atoms with van der Waals surface area (Å²) in [6, 6.07) is 3.00. The van der Waals surface area contributed by atoms with Crippen LogP contribution in [0.5, 0.6) is 5.88 Å². The minimum absolute atomic E-state index is 0. The van der Waals surface area contributed by atoms with Crippen molar-refractivity contribution < 1.29 is 22.3 Å². The summed E-state index contributed by atoms with van der Waals surface area (Å²) in [7, 11) is 0. The summed E-state index contributed by atoms with van der Waals surface area (Å²) in [5.41, 5.74) is 1.57. The van der Waals surface area contributed by atoms with Gasteiger partial charge in [-0.3, -0.25) is 0 Å². The fourth-order valence-electron chi connectivity index (χ4n) is 2.03. The van der Waals surface area contributed by atoms with Gasteiger partial charge in [0.05, 0.1) is 18.8 Å². The Kier molecular flexibility index (Phi) is 9.49. The predicted molar refractivity (Wildman–Crippen MR) is 109 cm³/mol. The van der Waals surface area contributed by atoms with Gasteiger partial charge < -0.3 is 19.8 Å². The molecule has 0 spiro atoms. The number of nitrogens with zero attached hydrogens (tertiary/aromatic N) is 3. The highest BCUT2D eigenvalue weighted by Crippen LogP contribution is 2.17. The van der Waals surface area contributed by atoms with Gasteiger partial charge in [0, 0.05) is 18.8 Å². The lowest BCUT2D eigenvalue weighted by molar-refractivity contribution is -0.154. The minimum Gasteiger partial charge on any atom is -0.468 e. The molecule has 0 saturated carbocycles. The Bertz CT molecular complexity index is 744. The van der Waals surface area contributed by atoms with Crippen LogP contribution in [0.25, 0.3) is 0 Å². The zero-order valence-corrected chi connectivity index (χ0v) is 18.1. The van der Waals surface area contributed by atoms with Crippen molar-refractivity contribution in [1.82, 2.24) is 20.6 Å². The number of hydrogen-bond acceptors (Lipinski definition) is 5. The molecule has 11 heteroatoms. The number of guanidine groups is 1. The average Bonchev–Trinajstić information content (AvgIpc) is 2.94. The zero-order chi connectivity index (χ0) is 19.9. The number of nitrogens with one attached hydrogen (secondary N) is 2. The Morgan fingerprint density at radius 3 is 2.54 bits per heavy atom. The minimum atomic E-state index is -4.39. The first-order valence-corrected chi connectivity index (χ1v) is 8.36. The summed E-state index contributed by atoms with van der Waals surface area (Å²) in [6.45, 7) is 5.63. The van der Waals surface area contributed by atoms with E-state index in [0.717, 1.165) is 17.0 Å². The van der Waals surface area contributed by atoms with Crippen molar-refractivity contribution in [1.29, 1.82) is 0 Å². The number of rotatable bonds is 7. The van der Waals surface area contributed by atoms with Gasteiger partial charge in [0.1, 0.15) is 5.76 Å². The molecule has 0 aliphatic heterocycles. The standard InChI is InChI=1S/C17H22F3N5O2.HI/c1-4-21-16(24-9-15-25-11(2)12(3)27-15)23-8-13-5-6-14(22-7-13)26-10-17(18,19)20;/h5-7H,4,8-10H2,1-3H3,(H2,21,23,24);1H. The van der Waals surface area contributed by atoms with Gasteiger partial charge >= 0.3 is 6.18 Å². The largest absolute Gasteiger partial charge is 0.468 e. The maximum absolute atomic E-state index is 12.1. The van der Waals surface area contributed by atoms with Crippen LogP contribution in [0.1, 0.15) is 29.8 Å². The molecule has 28 heavy (non-hydrogen) atoms. The van der Waals surface area contributed by atoms with Crippen molar-refractivity contribution in [2.24, 2.45) is 4.99 Å². The molecule has 2 aromatic rings. The molecule has 2 rings (SSSR count). The van der Waals surface area contributed by atoms with Crippen molar-refractivity contribution in [2.45, 2.75) is 40.0 Å². The maximum Gasteiger partial charge on any atom is 0.422 e. The van der Waals surface area contributed by atoms with E-state index in [1.165, 1.54) is 12.3 Å². The van der Waals surface area contributed by atoms with Crippen LogP contribution >= 0.6 is 24.0 Å². The lowest BCUT2D eigenvalue weighted by Gasteiger charge is -2.10. The Morgan fingerprint density at radius 1 is 1.25 bits per heavy atom. The third-order valence-electron chi connectivity index (χ3n) is 3.43. The fourth-order valence-corrected chi connectivity index (χ4v) is 2.03. The molecule has 2 heterocycles. The summed E-state index contributed by atoms with van der Waals surface area (Å²) in [5.74, 6) is 1.80. The molecule has 0 aliphatic rings. The number of pyridine rings is 1. The lowest BCUT2D eigenvalue weighted by atomic mass is 10.3. The Labute approximate surface area is 178 Å². The molecule has 2 aromatic heterocycles. The lowest BCUT2D eigenvalue weighted by Crippen LogP contribution is -2.36. The molecule has 0 fully saturated rings. The average molecular weight is 513 g/mol. The van der Waals surface area contributed by atoms with Gasteiger partial charge in [-0.15, -0.1) is 24.0 Å². The molecule has 7 nitrogen and oxygen atoms in total. The topological polar surface area (TPSA) is 84.6 Å². The molecular weight excluding hydrogens is 490 g/mol. The molecule has 0 atom stereocenters. The number of ether oxygens (including phenoxy) is 1. The number of hydrogen-bond donors (Lipinski definition) is 2.